The normalized spacial score (nSPS) is 19.1. The van der Waals surface area contributed by atoms with Gasteiger partial charge in [0.05, 0.1) is 11.2 Å². The minimum absolute atomic E-state index is 0.0725. The zero-order valence-electron chi connectivity index (χ0n) is 39.9. The van der Waals surface area contributed by atoms with Gasteiger partial charge in [0.1, 0.15) is 0 Å². The Bertz CT molecular complexity index is 3570. The molecule has 1 N–H and O–H groups in total. The fourth-order valence-corrected chi connectivity index (χ4v) is 14.5. The number of nitrogens with zero attached hydrogens (tertiary/aromatic N) is 1. The van der Waals surface area contributed by atoms with Gasteiger partial charge in [0, 0.05) is 48.7 Å². The maximum absolute atomic E-state index is 4.02. The van der Waals surface area contributed by atoms with Crippen LogP contribution in [0.4, 0.5) is 17.1 Å². The molecular formula is C61H59BN2S. The zero-order valence-corrected chi connectivity index (χ0v) is 40.7. The fourth-order valence-electron chi connectivity index (χ4n) is 13.3. The highest BCUT2D eigenvalue weighted by Gasteiger charge is 2.46. The van der Waals surface area contributed by atoms with Crippen LogP contribution in [0.25, 0.3) is 64.9 Å². The quantitative estimate of drug-likeness (QED) is 0.172. The number of H-pyrrole nitrogens is 1. The largest absolute Gasteiger partial charge is 0.354 e. The third-order valence-corrected chi connectivity index (χ3v) is 18.4. The summed E-state index contributed by atoms with van der Waals surface area (Å²) in [6, 6.07) is 45.3. The summed E-state index contributed by atoms with van der Waals surface area (Å²) in [5, 5.41) is 6.52. The number of thiophene rings is 1. The number of hydrogen-bond donors (Lipinski definition) is 1. The molecule has 4 heteroatoms. The molecule has 0 unspecified atom stereocenters. The molecule has 0 saturated carbocycles. The maximum Gasteiger partial charge on any atom is 0.211 e. The molecule has 0 fully saturated rings. The van der Waals surface area contributed by atoms with Crippen LogP contribution in [-0.2, 0) is 27.1 Å². The van der Waals surface area contributed by atoms with Crippen LogP contribution in [0, 0.1) is 0 Å². The van der Waals surface area contributed by atoms with E-state index in [-0.39, 0.29) is 27.1 Å². The van der Waals surface area contributed by atoms with Crippen LogP contribution in [0.2, 0.25) is 0 Å². The number of nitrogens with one attached hydrogen (secondary N) is 1. The summed E-state index contributed by atoms with van der Waals surface area (Å²) >= 11 is 2.05. The van der Waals surface area contributed by atoms with E-state index in [9.17, 15) is 0 Å². The van der Waals surface area contributed by atoms with Crippen LogP contribution in [0.3, 0.4) is 0 Å². The van der Waals surface area contributed by atoms with Crippen molar-refractivity contribution in [2.24, 2.45) is 0 Å². The lowest BCUT2D eigenvalue weighted by molar-refractivity contribution is 0.332. The highest BCUT2D eigenvalue weighted by Crippen LogP contribution is 2.58. The summed E-state index contributed by atoms with van der Waals surface area (Å²) < 4.78 is 2.88. The highest BCUT2D eigenvalue weighted by molar-refractivity contribution is 7.29. The second-order valence-corrected chi connectivity index (χ2v) is 24.6. The molecule has 0 bridgehead atoms. The molecule has 13 rings (SSSR count). The summed E-state index contributed by atoms with van der Waals surface area (Å²) in [6.45, 7) is 24.8. The lowest BCUT2D eigenvalue weighted by Crippen LogP contribution is -2.41. The van der Waals surface area contributed by atoms with E-state index in [1.807, 2.05) is 11.3 Å². The van der Waals surface area contributed by atoms with Crippen LogP contribution < -0.4 is 15.1 Å². The number of anilines is 3. The van der Waals surface area contributed by atoms with Crippen molar-refractivity contribution >= 4 is 88.6 Å². The van der Waals surface area contributed by atoms with E-state index in [0.29, 0.717) is 0 Å². The Hall–Kier alpha value is -5.58. The van der Waals surface area contributed by atoms with Crippen molar-refractivity contribution in [1.29, 1.82) is 0 Å². The zero-order chi connectivity index (χ0) is 44.7. The van der Waals surface area contributed by atoms with Crippen LogP contribution in [0.1, 0.15) is 128 Å². The van der Waals surface area contributed by atoms with Gasteiger partial charge in [-0.1, -0.05) is 142 Å². The second kappa shape index (κ2) is 12.9. The smallest absolute Gasteiger partial charge is 0.211 e. The molecule has 0 atom stereocenters. The fraction of sp³-hybridized carbons (Fsp3) is 0.311. The minimum atomic E-state index is -0.218. The maximum atomic E-state index is 4.02. The molecule has 0 radical (unpaired) electrons. The van der Waals surface area contributed by atoms with Gasteiger partial charge in [-0.05, 0) is 161 Å². The van der Waals surface area contributed by atoms with Crippen molar-refractivity contribution in [3.8, 4) is 22.3 Å². The molecule has 0 saturated heterocycles. The topological polar surface area (TPSA) is 19.0 Å². The van der Waals surface area contributed by atoms with Crippen molar-refractivity contribution < 1.29 is 0 Å². The van der Waals surface area contributed by atoms with Gasteiger partial charge >= 0.3 is 0 Å². The molecule has 7 aromatic carbocycles. The Morgan fingerprint density at radius 1 is 0.492 bits per heavy atom. The summed E-state index contributed by atoms with van der Waals surface area (Å²) in [7, 11) is 0.886. The molecule has 2 aromatic heterocycles. The van der Waals surface area contributed by atoms with E-state index in [4.69, 9.17) is 0 Å². The number of aromatic nitrogens is 1. The summed E-state index contributed by atoms with van der Waals surface area (Å²) in [5.41, 5.74) is 22.4. The van der Waals surface area contributed by atoms with E-state index < -0.39 is 0 Å². The molecule has 3 heterocycles. The average molecular weight is 863 g/mol. The van der Waals surface area contributed by atoms with Crippen molar-refractivity contribution in [2.75, 3.05) is 4.90 Å². The lowest BCUT2D eigenvalue weighted by Gasteiger charge is -2.43. The van der Waals surface area contributed by atoms with E-state index in [2.05, 4.69) is 194 Å². The van der Waals surface area contributed by atoms with Crippen LogP contribution >= 0.6 is 11.3 Å². The Morgan fingerprint density at radius 3 is 1.86 bits per heavy atom. The molecule has 3 aliphatic carbocycles. The van der Waals surface area contributed by atoms with Gasteiger partial charge in [-0.2, -0.15) is 0 Å². The first-order valence-corrected chi connectivity index (χ1v) is 25.0. The third kappa shape index (κ3) is 5.41. The Balaban J connectivity index is 1.17. The SMILES string of the molecule is CC1(C)CCC(C)(C)c2cc(N3c4c(c(-c5cccc6c5[nH]c5cc7ccccc7cc56)cc5c4C(C)(C)c4ccccc4-5)Bc4sc5cc6c(cc5c43)C(C)(C)CCC6(C)C)ccc21. The Morgan fingerprint density at radius 2 is 1.12 bits per heavy atom. The molecule has 65 heavy (non-hydrogen) atoms. The monoisotopic (exact) mass is 862 g/mol. The number of benzene rings is 7. The second-order valence-electron chi connectivity index (χ2n) is 23.5. The van der Waals surface area contributed by atoms with E-state index >= 15 is 0 Å². The van der Waals surface area contributed by atoms with Gasteiger partial charge in [0.15, 0.2) is 0 Å². The van der Waals surface area contributed by atoms with E-state index in [1.54, 1.807) is 0 Å². The summed E-state index contributed by atoms with van der Waals surface area (Å²) in [5.74, 6) is 0. The lowest BCUT2D eigenvalue weighted by atomic mass is 9.59. The third-order valence-electron chi connectivity index (χ3n) is 17.3. The molecule has 2 nitrogen and oxygen atoms in total. The average Bonchev–Trinajstić information content (AvgIpc) is 3.91. The van der Waals surface area contributed by atoms with Gasteiger partial charge in [-0.15, -0.1) is 11.3 Å². The molecule has 1 aliphatic heterocycles. The van der Waals surface area contributed by atoms with Gasteiger partial charge in [0.2, 0.25) is 7.28 Å². The predicted octanol–water partition coefficient (Wildman–Crippen LogP) is 15.5. The van der Waals surface area contributed by atoms with Gasteiger partial charge in [-0.25, -0.2) is 0 Å². The van der Waals surface area contributed by atoms with Gasteiger partial charge in [-0.3, -0.25) is 0 Å². The molecule has 322 valence electrons. The van der Waals surface area contributed by atoms with Crippen LogP contribution in [0.15, 0.2) is 115 Å². The number of para-hydroxylation sites is 1. The Labute approximate surface area is 389 Å². The van der Waals surface area contributed by atoms with Gasteiger partial charge in [0.25, 0.3) is 0 Å². The first kappa shape index (κ1) is 39.8. The summed E-state index contributed by atoms with van der Waals surface area (Å²) in [4.78, 5) is 6.82. The van der Waals surface area contributed by atoms with Crippen molar-refractivity contribution in [2.45, 2.75) is 122 Å². The number of hydrogen-bond acceptors (Lipinski definition) is 2. The van der Waals surface area contributed by atoms with Crippen molar-refractivity contribution in [1.82, 2.24) is 4.98 Å². The van der Waals surface area contributed by atoms with Crippen molar-refractivity contribution in [3.05, 3.63) is 149 Å². The van der Waals surface area contributed by atoms with Gasteiger partial charge < -0.3 is 9.88 Å². The Kier molecular flexibility index (Phi) is 7.86. The first-order chi connectivity index (χ1) is 30.9. The molecule has 4 aliphatic rings. The number of fused-ring (bicyclic) bond motifs is 14. The highest BCUT2D eigenvalue weighted by atomic mass is 32.1. The molecular weight excluding hydrogens is 804 g/mol. The van der Waals surface area contributed by atoms with Crippen LogP contribution in [-0.4, -0.2) is 12.3 Å². The van der Waals surface area contributed by atoms with E-state index in [0.717, 1.165) is 7.28 Å². The predicted molar refractivity (Wildman–Crippen MR) is 283 cm³/mol. The van der Waals surface area contributed by atoms with E-state index in [1.165, 1.54) is 151 Å². The molecule has 0 amide bonds. The number of aromatic amines is 1. The first-order valence-electron chi connectivity index (χ1n) is 24.2. The van der Waals surface area contributed by atoms with Crippen LogP contribution in [0.5, 0.6) is 0 Å². The standard InChI is InChI=1S/C61H59BN2S/c1-57(2)24-25-58(3,4)46-30-36(22-23-45(46)57)64-54-43-32-47-48(60(7,8)27-26-59(47,5)6)33-50(43)65-56(54)62-52-42(31-41-37-18-13-14-21-44(37)61(9,10)51(41)55(52)64)39-20-15-19-38-40-28-34-16-11-12-17-35(34)29-49(40)63-53(38)39/h11-23,28-33,62-63H,24-27H2,1-10H3. The van der Waals surface area contributed by atoms with Crippen molar-refractivity contribution in [3.63, 3.8) is 0 Å². The molecule has 9 aromatic rings. The molecule has 0 spiro atoms. The number of rotatable bonds is 2. The summed E-state index contributed by atoms with van der Waals surface area (Å²) in [6.07, 6.45) is 4.80. The minimum Gasteiger partial charge on any atom is -0.354 e.